The smallest absolute Gasteiger partial charge is 0.180 e. The van der Waals surface area contributed by atoms with Crippen molar-refractivity contribution in [2.75, 3.05) is 32.2 Å². The minimum Gasteiger partial charge on any atom is -0.381 e. The monoisotopic (exact) mass is 299 g/mol. The molecule has 1 unspecified atom stereocenters. The molecule has 0 saturated carbocycles. The van der Waals surface area contributed by atoms with Crippen molar-refractivity contribution >= 4 is 9.84 Å². The minimum absolute atomic E-state index is 0.00253. The van der Waals surface area contributed by atoms with Crippen molar-refractivity contribution in [2.24, 2.45) is 11.7 Å². The van der Waals surface area contributed by atoms with Crippen LogP contribution in [0.1, 0.15) is 12.0 Å². The van der Waals surface area contributed by atoms with Gasteiger partial charge in [0.1, 0.15) is 0 Å². The third-order valence-electron chi connectivity index (χ3n) is 3.39. The Bertz CT molecular complexity index is 506. The summed E-state index contributed by atoms with van der Waals surface area (Å²) in [6.07, 6.45) is 0.993. The second-order valence-electron chi connectivity index (χ2n) is 4.97. The predicted octanol–water partition coefficient (Wildman–Crippen LogP) is 0.972. The van der Waals surface area contributed by atoms with Crippen molar-refractivity contribution in [2.45, 2.75) is 17.9 Å². The molecule has 2 N–H and O–H groups in total. The molecule has 112 valence electrons. The summed E-state index contributed by atoms with van der Waals surface area (Å²) in [4.78, 5) is 0.322. The first-order valence-corrected chi connectivity index (χ1v) is 8.44. The zero-order chi connectivity index (χ0) is 14.4. The Kier molecular flexibility index (Phi) is 5.54. The van der Waals surface area contributed by atoms with Gasteiger partial charge in [-0.3, -0.25) is 0 Å². The van der Waals surface area contributed by atoms with Crippen molar-refractivity contribution in [3.8, 4) is 0 Å². The van der Waals surface area contributed by atoms with Crippen LogP contribution in [-0.2, 0) is 25.9 Å². The summed E-state index contributed by atoms with van der Waals surface area (Å²) in [6, 6.07) is 6.68. The van der Waals surface area contributed by atoms with E-state index in [2.05, 4.69) is 0 Å². The molecule has 1 fully saturated rings. The quantitative estimate of drug-likeness (QED) is 0.759. The zero-order valence-corrected chi connectivity index (χ0v) is 12.3. The number of rotatable bonds is 7. The average Bonchev–Trinajstić information content (AvgIpc) is 2.97. The van der Waals surface area contributed by atoms with E-state index >= 15 is 0 Å². The number of benzene rings is 1. The second kappa shape index (κ2) is 7.17. The van der Waals surface area contributed by atoms with Gasteiger partial charge < -0.3 is 15.2 Å². The Labute approximate surface area is 120 Å². The van der Waals surface area contributed by atoms with E-state index in [1.807, 2.05) is 0 Å². The summed E-state index contributed by atoms with van der Waals surface area (Å²) in [7, 11) is -3.28. The first-order chi connectivity index (χ1) is 9.62. The van der Waals surface area contributed by atoms with Gasteiger partial charge in [-0.25, -0.2) is 8.42 Å². The molecule has 1 saturated heterocycles. The molecule has 5 nitrogen and oxygen atoms in total. The molecule has 1 aromatic rings. The van der Waals surface area contributed by atoms with Crippen molar-refractivity contribution in [3.63, 3.8) is 0 Å². The van der Waals surface area contributed by atoms with Crippen LogP contribution < -0.4 is 5.73 Å². The highest BCUT2D eigenvalue weighted by Gasteiger charge is 2.17. The van der Waals surface area contributed by atoms with E-state index < -0.39 is 9.84 Å². The lowest BCUT2D eigenvalue weighted by molar-refractivity contribution is 0.0997. The van der Waals surface area contributed by atoms with Gasteiger partial charge in [-0.15, -0.1) is 0 Å². The maximum atomic E-state index is 12.1. The van der Waals surface area contributed by atoms with Gasteiger partial charge in [0.25, 0.3) is 0 Å². The largest absolute Gasteiger partial charge is 0.381 e. The van der Waals surface area contributed by atoms with E-state index in [-0.39, 0.29) is 12.4 Å². The highest BCUT2D eigenvalue weighted by molar-refractivity contribution is 7.91. The maximum absolute atomic E-state index is 12.1. The Morgan fingerprint density at radius 2 is 2.05 bits per heavy atom. The summed E-state index contributed by atoms with van der Waals surface area (Å²) >= 11 is 0. The van der Waals surface area contributed by atoms with E-state index in [0.717, 1.165) is 18.6 Å². The van der Waals surface area contributed by atoms with Gasteiger partial charge in [-0.1, -0.05) is 12.1 Å². The third kappa shape index (κ3) is 4.28. The summed E-state index contributed by atoms with van der Waals surface area (Å²) in [6.45, 7) is 2.69. The molecule has 1 aromatic carbocycles. The number of ether oxygens (including phenoxy) is 2. The molecule has 1 heterocycles. The lowest BCUT2D eigenvalue weighted by atomic mass is 10.1. The van der Waals surface area contributed by atoms with E-state index in [0.29, 0.717) is 30.6 Å². The Morgan fingerprint density at radius 3 is 2.65 bits per heavy atom. The SMILES string of the molecule is NCc1ccc(S(=O)(=O)CCOCC2CCOC2)cc1. The van der Waals surface area contributed by atoms with Crippen molar-refractivity contribution in [1.82, 2.24) is 0 Å². The van der Waals surface area contributed by atoms with Crippen LogP contribution in [-0.4, -0.2) is 40.6 Å². The Balaban J connectivity index is 1.80. The summed E-state index contributed by atoms with van der Waals surface area (Å²) in [5.41, 5.74) is 6.41. The standard InChI is InChI=1S/C14H21NO4S/c15-9-12-1-3-14(4-2-12)20(16,17)8-7-19-11-13-5-6-18-10-13/h1-4,13H,5-11,15H2. The molecular formula is C14H21NO4S. The molecule has 0 radical (unpaired) electrons. The fourth-order valence-electron chi connectivity index (χ4n) is 2.08. The van der Waals surface area contributed by atoms with Gasteiger partial charge in [-0.05, 0) is 24.1 Å². The van der Waals surface area contributed by atoms with Crippen LogP contribution in [0, 0.1) is 5.92 Å². The number of sulfone groups is 1. The van der Waals surface area contributed by atoms with E-state index in [1.54, 1.807) is 24.3 Å². The van der Waals surface area contributed by atoms with Gasteiger partial charge in [0.2, 0.25) is 0 Å². The molecule has 20 heavy (non-hydrogen) atoms. The van der Waals surface area contributed by atoms with Crippen molar-refractivity contribution < 1.29 is 17.9 Å². The van der Waals surface area contributed by atoms with Crippen LogP contribution in [0.4, 0.5) is 0 Å². The van der Waals surface area contributed by atoms with Crippen LogP contribution in [0.25, 0.3) is 0 Å². The lowest BCUT2D eigenvalue weighted by Crippen LogP contribution is -2.16. The first-order valence-electron chi connectivity index (χ1n) is 6.79. The van der Waals surface area contributed by atoms with Gasteiger partial charge in [0.15, 0.2) is 9.84 Å². The van der Waals surface area contributed by atoms with Gasteiger partial charge >= 0.3 is 0 Å². The van der Waals surface area contributed by atoms with Gasteiger partial charge in [-0.2, -0.15) is 0 Å². The zero-order valence-electron chi connectivity index (χ0n) is 11.5. The second-order valence-corrected chi connectivity index (χ2v) is 7.08. The van der Waals surface area contributed by atoms with Crippen LogP contribution in [0.5, 0.6) is 0 Å². The average molecular weight is 299 g/mol. The molecule has 1 aliphatic heterocycles. The minimum atomic E-state index is -3.28. The maximum Gasteiger partial charge on any atom is 0.180 e. The molecule has 1 atom stereocenters. The Hall–Kier alpha value is -0.950. The molecule has 0 bridgehead atoms. The normalized spacial score (nSPS) is 19.4. The molecule has 0 spiro atoms. The molecular weight excluding hydrogens is 278 g/mol. The van der Waals surface area contributed by atoms with Crippen molar-refractivity contribution in [1.29, 1.82) is 0 Å². The predicted molar refractivity (Wildman–Crippen MR) is 76.1 cm³/mol. The van der Waals surface area contributed by atoms with Crippen LogP contribution >= 0.6 is 0 Å². The molecule has 1 aliphatic rings. The number of hydrogen-bond donors (Lipinski definition) is 1. The first kappa shape index (κ1) is 15.4. The molecule has 0 aliphatic carbocycles. The van der Waals surface area contributed by atoms with Crippen LogP contribution in [0.2, 0.25) is 0 Å². The topological polar surface area (TPSA) is 78.6 Å². The Morgan fingerprint density at radius 1 is 1.30 bits per heavy atom. The molecule has 0 aromatic heterocycles. The van der Waals surface area contributed by atoms with E-state index in [9.17, 15) is 8.42 Å². The highest BCUT2D eigenvalue weighted by atomic mass is 32.2. The fraction of sp³-hybridized carbons (Fsp3) is 0.571. The van der Waals surface area contributed by atoms with Crippen molar-refractivity contribution in [3.05, 3.63) is 29.8 Å². The summed E-state index contributed by atoms with van der Waals surface area (Å²) in [5, 5.41) is 0. The van der Waals surface area contributed by atoms with Crippen LogP contribution in [0.15, 0.2) is 29.2 Å². The van der Waals surface area contributed by atoms with Crippen LogP contribution in [0.3, 0.4) is 0 Å². The van der Waals surface area contributed by atoms with E-state index in [1.165, 1.54) is 0 Å². The lowest BCUT2D eigenvalue weighted by Gasteiger charge is -2.09. The molecule has 2 rings (SSSR count). The van der Waals surface area contributed by atoms with Gasteiger partial charge in [0, 0.05) is 19.1 Å². The van der Waals surface area contributed by atoms with E-state index in [4.69, 9.17) is 15.2 Å². The molecule has 6 heteroatoms. The van der Waals surface area contributed by atoms with Gasteiger partial charge in [0.05, 0.1) is 30.5 Å². The number of hydrogen-bond acceptors (Lipinski definition) is 5. The fourth-order valence-corrected chi connectivity index (χ4v) is 3.21. The number of nitrogens with two attached hydrogens (primary N) is 1. The third-order valence-corrected chi connectivity index (χ3v) is 5.09. The molecule has 0 amide bonds. The highest BCUT2D eigenvalue weighted by Crippen LogP contribution is 2.14. The summed E-state index contributed by atoms with van der Waals surface area (Å²) in [5.74, 6) is 0.407. The summed E-state index contributed by atoms with van der Waals surface area (Å²) < 4.78 is 34.9.